The first-order valence-electron chi connectivity index (χ1n) is 6.08. The predicted molar refractivity (Wildman–Crippen MR) is 76.1 cm³/mol. The lowest BCUT2D eigenvalue weighted by molar-refractivity contribution is 0.109. The topological polar surface area (TPSA) is 61.0 Å². The number of ether oxygens (including phenoxy) is 1. The molecule has 0 saturated carbocycles. The van der Waals surface area contributed by atoms with Crippen molar-refractivity contribution >= 4 is 39.1 Å². The SMILES string of the molecule is Nc1nc(SCCC2CCCO2)nc2sccc12. The normalized spacial score (nSPS) is 19.7. The summed E-state index contributed by atoms with van der Waals surface area (Å²) in [6.45, 7) is 0.917. The molecule has 4 nitrogen and oxygen atoms in total. The van der Waals surface area contributed by atoms with E-state index in [9.17, 15) is 0 Å². The molecule has 3 heterocycles. The highest BCUT2D eigenvalue weighted by molar-refractivity contribution is 7.99. The average molecular weight is 281 g/mol. The maximum absolute atomic E-state index is 5.91. The second kappa shape index (κ2) is 5.42. The summed E-state index contributed by atoms with van der Waals surface area (Å²) in [5.41, 5.74) is 5.91. The van der Waals surface area contributed by atoms with Crippen LogP contribution in [-0.2, 0) is 4.74 Å². The first kappa shape index (κ1) is 12.2. The van der Waals surface area contributed by atoms with Crippen molar-refractivity contribution in [1.82, 2.24) is 9.97 Å². The first-order chi connectivity index (χ1) is 8.83. The van der Waals surface area contributed by atoms with Gasteiger partial charge in [-0.05, 0) is 30.7 Å². The van der Waals surface area contributed by atoms with Crippen LogP contribution in [0.3, 0.4) is 0 Å². The van der Waals surface area contributed by atoms with Gasteiger partial charge >= 0.3 is 0 Å². The number of hydrogen-bond donors (Lipinski definition) is 1. The van der Waals surface area contributed by atoms with Gasteiger partial charge in [0.25, 0.3) is 0 Å². The van der Waals surface area contributed by atoms with E-state index in [1.54, 1.807) is 23.1 Å². The molecule has 2 aromatic heterocycles. The van der Waals surface area contributed by atoms with Gasteiger partial charge in [-0.3, -0.25) is 0 Å². The van der Waals surface area contributed by atoms with Crippen LogP contribution in [0.5, 0.6) is 0 Å². The van der Waals surface area contributed by atoms with Gasteiger partial charge in [-0.2, -0.15) is 0 Å². The molecule has 6 heteroatoms. The molecule has 1 atom stereocenters. The van der Waals surface area contributed by atoms with Crippen molar-refractivity contribution in [3.63, 3.8) is 0 Å². The van der Waals surface area contributed by atoms with E-state index < -0.39 is 0 Å². The standard InChI is InChI=1S/C12H15N3OS2/c13-10-9-4-7-17-11(9)15-12(14-10)18-6-3-8-2-1-5-16-8/h4,7-8H,1-3,5-6H2,(H2,13,14,15). The molecule has 1 aliphatic rings. The Bertz CT molecular complexity index is 537. The molecule has 1 saturated heterocycles. The number of aromatic nitrogens is 2. The Morgan fingerprint density at radius 1 is 1.50 bits per heavy atom. The lowest BCUT2D eigenvalue weighted by Crippen LogP contribution is -2.06. The summed E-state index contributed by atoms with van der Waals surface area (Å²) in [5.74, 6) is 1.57. The van der Waals surface area contributed by atoms with E-state index in [1.807, 2.05) is 11.4 Å². The van der Waals surface area contributed by atoms with Crippen molar-refractivity contribution < 1.29 is 4.74 Å². The fourth-order valence-electron chi connectivity index (χ4n) is 2.08. The summed E-state index contributed by atoms with van der Waals surface area (Å²) in [7, 11) is 0. The molecule has 96 valence electrons. The number of hydrogen-bond acceptors (Lipinski definition) is 6. The number of anilines is 1. The summed E-state index contributed by atoms with van der Waals surface area (Å²) >= 11 is 3.27. The predicted octanol–water partition coefficient (Wildman–Crippen LogP) is 2.93. The lowest BCUT2D eigenvalue weighted by atomic mass is 10.2. The van der Waals surface area contributed by atoms with Crippen LogP contribution in [0, 0.1) is 0 Å². The number of nitrogens with zero attached hydrogens (tertiary/aromatic N) is 2. The minimum absolute atomic E-state index is 0.431. The van der Waals surface area contributed by atoms with Gasteiger partial charge in [0.05, 0.1) is 11.5 Å². The molecular weight excluding hydrogens is 266 g/mol. The summed E-state index contributed by atoms with van der Waals surface area (Å²) < 4.78 is 5.60. The highest BCUT2D eigenvalue weighted by Gasteiger charge is 2.15. The number of thioether (sulfide) groups is 1. The second-order valence-electron chi connectivity index (χ2n) is 4.30. The van der Waals surface area contributed by atoms with Gasteiger partial charge in [0.15, 0.2) is 5.16 Å². The number of nitrogen functional groups attached to an aromatic ring is 1. The molecule has 1 fully saturated rings. The zero-order chi connectivity index (χ0) is 12.4. The van der Waals surface area contributed by atoms with Crippen molar-refractivity contribution in [2.75, 3.05) is 18.1 Å². The van der Waals surface area contributed by atoms with Gasteiger partial charge in [-0.1, -0.05) is 11.8 Å². The number of nitrogens with two attached hydrogens (primary N) is 1. The summed E-state index contributed by atoms with van der Waals surface area (Å²) in [5, 5.41) is 3.74. The molecule has 0 aliphatic carbocycles. The fourth-order valence-corrected chi connectivity index (χ4v) is 3.79. The highest BCUT2D eigenvalue weighted by atomic mass is 32.2. The summed E-state index contributed by atoms with van der Waals surface area (Å²) in [6, 6.07) is 1.97. The van der Waals surface area contributed by atoms with Crippen molar-refractivity contribution in [2.45, 2.75) is 30.5 Å². The van der Waals surface area contributed by atoms with Crippen LogP contribution in [-0.4, -0.2) is 28.4 Å². The first-order valence-corrected chi connectivity index (χ1v) is 7.94. The van der Waals surface area contributed by atoms with Crippen LogP contribution >= 0.6 is 23.1 Å². The summed E-state index contributed by atoms with van der Waals surface area (Å²) in [6.07, 6.45) is 3.88. The highest BCUT2D eigenvalue weighted by Crippen LogP contribution is 2.27. The van der Waals surface area contributed by atoms with Gasteiger partial charge < -0.3 is 10.5 Å². The molecule has 0 aromatic carbocycles. The Labute approximate surface area is 114 Å². The van der Waals surface area contributed by atoms with Gasteiger partial charge in [0.2, 0.25) is 0 Å². The van der Waals surface area contributed by atoms with Gasteiger partial charge in [0.1, 0.15) is 10.6 Å². The lowest BCUT2D eigenvalue weighted by Gasteiger charge is -2.08. The van der Waals surface area contributed by atoms with Crippen molar-refractivity contribution in [1.29, 1.82) is 0 Å². The molecule has 3 rings (SSSR count). The van der Waals surface area contributed by atoms with E-state index in [-0.39, 0.29) is 0 Å². The average Bonchev–Trinajstić information content (AvgIpc) is 2.99. The summed E-state index contributed by atoms with van der Waals surface area (Å²) in [4.78, 5) is 9.82. The van der Waals surface area contributed by atoms with Crippen molar-refractivity contribution in [3.8, 4) is 0 Å². The third kappa shape index (κ3) is 2.60. The Kier molecular flexibility index (Phi) is 3.67. The van der Waals surface area contributed by atoms with Gasteiger partial charge in [0, 0.05) is 12.4 Å². The smallest absolute Gasteiger partial charge is 0.190 e. The molecule has 1 unspecified atom stereocenters. The molecule has 1 aliphatic heterocycles. The van der Waals surface area contributed by atoms with Crippen molar-refractivity contribution in [3.05, 3.63) is 11.4 Å². The van der Waals surface area contributed by atoms with Crippen LogP contribution in [0.1, 0.15) is 19.3 Å². The van der Waals surface area contributed by atoms with E-state index >= 15 is 0 Å². The minimum atomic E-state index is 0.431. The number of thiophene rings is 1. The molecule has 0 bridgehead atoms. The largest absolute Gasteiger partial charge is 0.383 e. The van der Waals surface area contributed by atoms with Crippen LogP contribution in [0.25, 0.3) is 10.2 Å². The van der Waals surface area contributed by atoms with Gasteiger partial charge in [-0.15, -0.1) is 11.3 Å². The number of fused-ring (bicyclic) bond motifs is 1. The third-order valence-corrected chi connectivity index (χ3v) is 4.72. The Morgan fingerprint density at radius 3 is 3.28 bits per heavy atom. The Hall–Kier alpha value is -0.850. The Balaban J connectivity index is 1.63. The van der Waals surface area contributed by atoms with Gasteiger partial charge in [-0.25, -0.2) is 9.97 Å². The molecular formula is C12H15N3OS2. The van der Waals surface area contributed by atoms with E-state index in [0.29, 0.717) is 11.9 Å². The monoisotopic (exact) mass is 281 g/mol. The van der Waals surface area contributed by atoms with Crippen LogP contribution in [0.4, 0.5) is 5.82 Å². The quantitative estimate of drug-likeness (QED) is 0.689. The molecule has 18 heavy (non-hydrogen) atoms. The van der Waals surface area contributed by atoms with Crippen molar-refractivity contribution in [2.24, 2.45) is 0 Å². The van der Waals surface area contributed by atoms with E-state index in [2.05, 4.69) is 9.97 Å². The zero-order valence-electron chi connectivity index (χ0n) is 9.96. The molecule has 0 radical (unpaired) electrons. The van der Waals surface area contributed by atoms with Crippen LogP contribution < -0.4 is 5.73 Å². The molecule has 0 amide bonds. The minimum Gasteiger partial charge on any atom is -0.383 e. The third-order valence-electron chi connectivity index (χ3n) is 3.03. The fraction of sp³-hybridized carbons (Fsp3) is 0.500. The maximum Gasteiger partial charge on any atom is 0.190 e. The van der Waals surface area contributed by atoms with E-state index in [0.717, 1.165) is 34.2 Å². The Morgan fingerprint density at radius 2 is 2.44 bits per heavy atom. The molecule has 2 aromatic rings. The molecule has 0 spiro atoms. The van der Waals surface area contributed by atoms with E-state index in [1.165, 1.54) is 12.8 Å². The van der Waals surface area contributed by atoms with Crippen LogP contribution in [0.2, 0.25) is 0 Å². The number of rotatable bonds is 4. The van der Waals surface area contributed by atoms with E-state index in [4.69, 9.17) is 10.5 Å². The zero-order valence-corrected chi connectivity index (χ0v) is 11.6. The van der Waals surface area contributed by atoms with Crippen LogP contribution in [0.15, 0.2) is 16.6 Å². The maximum atomic E-state index is 5.91. The molecule has 2 N–H and O–H groups in total. The second-order valence-corrected chi connectivity index (χ2v) is 6.26.